The standard InChI is InChI=1S/C8H7Br2NO2/c1-13-8(12)6-4(9)2-3-5(11)7(6)10/h2-3H,11H2,1H3. The minimum absolute atomic E-state index is 0.405. The molecule has 0 unspecified atom stereocenters. The zero-order chi connectivity index (χ0) is 10.0. The van der Waals surface area contributed by atoms with Crippen LogP contribution in [0.15, 0.2) is 21.1 Å². The third kappa shape index (κ3) is 2.03. The normalized spacial score (nSPS) is 9.77. The van der Waals surface area contributed by atoms with Crippen LogP contribution in [0.25, 0.3) is 0 Å². The van der Waals surface area contributed by atoms with Crippen molar-refractivity contribution in [3.8, 4) is 0 Å². The molecular formula is C8H7Br2NO2. The fourth-order valence-corrected chi connectivity index (χ4v) is 2.12. The van der Waals surface area contributed by atoms with Crippen molar-refractivity contribution in [2.24, 2.45) is 0 Å². The van der Waals surface area contributed by atoms with Gasteiger partial charge in [-0.15, -0.1) is 0 Å². The molecule has 0 bridgehead atoms. The lowest BCUT2D eigenvalue weighted by Crippen LogP contribution is -2.05. The SMILES string of the molecule is COC(=O)c1c(Br)ccc(N)c1Br. The van der Waals surface area contributed by atoms with Gasteiger partial charge in [-0.05, 0) is 44.0 Å². The summed E-state index contributed by atoms with van der Waals surface area (Å²) in [5.74, 6) is -0.425. The summed E-state index contributed by atoms with van der Waals surface area (Å²) < 4.78 is 5.80. The summed E-state index contributed by atoms with van der Waals surface area (Å²) in [7, 11) is 1.32. The highest BCUT2D eigenvalue weighted by atomic mass is 79.9. The summed E-state index contributed by atoms with van der Waals surface area (Å²) in [6.07, 6.45) is 0. The number of rotatable bonds is 1. The zero-order valence-electron chi connectivity index (χ0n) is 6.80. The topological polar surface area (TPSA) is 52.3 Å². The second kappa shape index (κ2) is 4.11. The van der Waals surface area contributed by atoms with Crippen LogP contribution >= 0.6 is 31.9 Å². The van der Waals surface area contributed by atoms with Crippen LogP contribution in [-0.4, -0.2) is 13.1 Å². The van der Waals surface area contributed by atoms with Gasteiger partial charge in [-0.1, -0.05) is 0 Å². The lowest BCUT2D eigenvalue weighted by molar-refractivity contribution is 0.0598. The van der Waals surface area contributed by atoms with Gasteiger partial charge in [0.25, 0.3) is 0 Å². The van der Waals surface area contributed by atoms with Crippen molar-refractivity contribution in [1.29, 1.82) is 0 Å². The molecule has 1 aromatic rings. The first kappa shape index (κ1) is 10.5. The maximum atomic E-state index is 11.3. The number of esters is 1. The number of nitrogens with two attached hydrogens (primary N) is 1. The highest BCUT2D eigenvalue weighted by molar-refractivity contribution is 9.11. The predicted molar refractivity (Wildman–Crippen MR) is 57.6 cm³/mol. The molecule has 0 atom stereocenters. The second-order valence-corrected chi connectivity index (χ2v) is 3.96. The van der Waals surface area contributed by atoms with E-state index in [9.17, 15) is 4.79 Å². The number of anilines is 1. The van der Waals surface area contributed by atoms with Gasteiger partial charge in [-0.2, -0.15) is 0 Å². The molecule has 0 spiro atoms. The number of hydrogen-bond donors (Lipinski definition) is 1. The van der Waals surface area contributed by atoms with E-state index >= 15 is 0 Å². The summed E-state index contributed by atoms with van der Waals surface area (Å²) in [6.45, 7) is 0. The summed E-state index contributed by atoms with van der Waals surface area (Å²) >= 11 is 6.45. The molecule has 13 heavy (non-hydrogen) atoms. The predicted octanol–water partition coefficient (Wildman–Crippen LogP) is 2.58. The highest BCUT2D eigenvalue weighted by Crippen LogP contribution is 2.30. The van der Waals surface area contributed by atoms with E-state index in [1.807, 2.05) is 0 Å². The molecule has 0 radical (unpaired) electrons. The Morgan fingerprint density at radius 1 is 1.46 bits per heavy atom. The van der Waals surface area contributed by atoms with E-state index in [1.165, 1.54) is 7.11 Å². The Morgan fingerprint density at radius 2 is 2.08 bits per heavy atom. The number of nitrogen functional groups attached to an aromatic ring is 1. The zero-order valence-corrected chi connectivity index (χ0v) is 9.98. The molecule has 0 amide bonds. The van der Waals surface area contributed by atoms with Crippen LogP contribution in [0.1, 0.15) is 10.4 Å². The maximum absolute atomic E-state index is 11.3. The van der Waals surface area contributed by atoms with Crippen LogP contribution in [0.3, 0.4) is 0 Å². The third-order valence-electron chi connectivity index (χ3n) is 1.51. The van der Waals surface area contributed by atoms with Gasteiger partial charge in [0.1, 0.15) is 0 Å². The van der Waals surface area contributed by atoms with E-state index < -0.39 is 5.97 Å². The van der Waals surface area contributed by atoms with Crippen molar-refractivity contribution in [2.45, 2.75) is 0 Å². The second-order valence-electron chi connectivity index (χ2n) is 2.32. The number of methoxy groups -OCH3 is 1. The molecule has 0 aliphatic rings. The van der Waals surface area contributed by atoms with Crippen molar-refractivity contribution < 1.29 is 9.53 Å². The van der Waals surface area contributed by atoms with Gasteiger partial charge in [-0.25, -0.2) is 4.79 Å². The molecule has 0 heterocycles. The summed E-state index contributed by atoms with van der Waals surface area (Å²) in [4.78, 5) is 11.3. The van der Waals surface area contributed by atoms with Gasteiger partial charge in [0.2, 0.25) is 0 Å². The summed E-state index contributed by atoms with van der Waals surface area (Å²) in [5.41, 5.74) is 6.51. The van der Waals surface area contributed by atoms with Crippen molar-refractivity contribution in [3.05, 3.63) is 26.6 Å². The summed E-state index contributed by atoms with van der Waals surface area (Å²) in [6, 6.07) is 3.40. The molecule has 0 aromatic heterocycles. The molecule has 70 valence electrons. The minimum atomic E-state index is -0.425. The molecule has 0 saturated heterocycles. The van der Waals surface area contributed by atoms with E-state index in [4.69, 9.17) is 5.73 Å². The van der Waals surface area contributed by atoms with E-state index in [2.05, 4.69) is 36.6 Å². The van der Waals surface area contributed by atoms with Gasteiger partial charge in [0.15, 0.2) is 0 Å². The van der Waals surface area contributed by atoms with Gasteiger partial charge in [-0.3, -0.25) is 0 Å². The van der Waals surface area contributed by atoms with Crippen LogP contribution in [0, 0.1) is 0 Å². The van der Waals surface area contributed by atoms with E-state index in [0.29, 0.717) is 20.2 Å². The van der Waals surface area contributed by atoms with Crippen LogP contribution in [0.5, 0.6) is 0 Å². The third-order valence-corrected chi connectivity index (χ3v) is 3.03. The molecule has 2 N–H and O–H groups in total. The first-order valence-electron chi connectivity index (χ1n) is 3.39. The molecule has 1 aromatic carbocycles. The molecule has 1 rings (SSSR count). The monoisotopic (exact) mass is 307 g/mol. The smallest absolute Gasteiger partial charge is 0.340 e. The fraction of sp³-hybridized carbons (Fsp3) is 0.125. The number of benzene rings is 1. The largest absolute Gasteiger partial charge is 0.465 e. The Kier molecular flexibility index (Phi) is 3.33. The molecule has 0 aliphatic carbocycles. The number of halogens is 2. The molecule has 3 nitrogen and oxygen atoms in total. The Hall–Kier alpha value is -0.550. The maximum Gasteiger partial charge on any atom is 0.340 e. The van der Waals surface area contributed by atoms with Crippen molar-refractivity contribution in [3.63, 3.8) is 0 Å². The quantitative estimate of drug-likeness (QED) is 0.641. The first-order chi connectivity index (χ1) is 6.07. The van der Waals surface area contributed by atoms with Crippen LogP contribution in [0.4, 0.5) is 5.69 Å². The van der Waals surface area contributed by atoms with Crippen molar-refractivity contribution in [2.75, 3.05) is 12.8 Å². The molecular weight excluding hydrogens is 302 g/mol. The fourth-order valence-electron chi connectivity index (χ4n) is 0.858. The number of carbonyl (C=O) groups excluding carboxylic acids is 1. The van der Waals surface area contributed by atoms with Crippen LogP contribution in [-0.2, 0) is 4.74 Å². The van der Waals surface area contributed by atoms with Gasteiger partial charge >= 0.3 is 5.97 Å². The number of carbonyl (C=O) groups is 1. The van der Waals surface area contributed by atoms with E-state index in [1.54, 1.807) is 12.1 Å². The lowest BCUT2D eigenvalue weighted by atomic mass is 10.2. The first-order valence-corrected chi connectivity index (χ1v) is 4.98. The Morgan fingerprint density at radius 3 is 2.62 bits per heavy atom. The molecule has 0 saturated carbocycles. The van der Waals surface area contributed by atoms with Gasteiger partial charge in [0.05, 0.1) is 17.1 Å². The Balaban J connectivity index is 3.33. The molecule has 5 heteroatoms. The van der Waals surface area contributed by atoms with E-state index in [0.717, 1.165) is 0 Å². The average molecular weight is 309 g/mol. The van der Waals surface area contributed by atoms with Gasteiger partial charge < -0.3 is 10.5 Å². The summed E-state index contributed by atoms with van der Waals surface area (Å²) in [5, 5.41) is 0. The van der Waals surface area contributed by atoms with Crippen molar-refractivity contribution in [1.82, 2.24) is 0 Å². The van der Waals surface area contributed by atoms with Crippen LogP contribution < -0.4 is 5.73 Å². The Labute approximate surface area is 92.5 Å². The van der Waals surface area contributed by atoms with Crippen molar-refractivity contribution >= 4 is 43.5 Å². The molecule has 0 fully saturated rings. The van der Waals surface area contributed by atoms with Crippen LogP contribution in [0.2, 0.25) is 0 Å². The average Bonchev–Trinajstić information content (AvgIpc) is 2.12. The number of ether oxygens (including phenoxy) is 1. The number of hydrogen-bond acceptors (Lipinski definition) is 3. The molecule has 0 aliphatic heterocycles. The highest BCUT2D eigenvalue weighted by Gasteiger charge is 2.16. The van der Waals surface area contributed by atoms with Gasteiger partial charge in [0, 0.05) is 10.2 Å². The minimum Gasteiger partial charge on any atom is -0.465 e. The Bertz CT molecular complexity index is 352. The lowest BCUT2D eigenvalue weighted by Gasteiger charge is -2.06. The van der Waals surface area contributed by atoms with E-state index in [-0.39, 0.29) is 0 Å².